The summed E-state index contributed by atoms with van der Waals surface area (Å²) in [5.41, 5.74) is 2.62. The number of rotatable bonds is 6. The number of hydrogen-bond donors (Lipinski definition) is 1. The Labute approximate surface area is 191 Å². The Kier molecular flexibility index (Phi) is 5.41. The summed E-state index contributed by atoms with van der Waals surface area (Å²) in [5.74, 6) is 0.187. The molecule has 5 aromatic rings. The van der Waals surface area contributed by atoms with E-state index in [1.54, 1.807) is 24.3 Å². The van der Waals surface area contributed by atoms with Crippen molar-refractivity contribution in [2.75, 3.05) is 11.1 Å². The minimum atomic E-state index is -0.492. The number of anilines is 1. The van der Waals surface area contributed by atoms with Gasteiger partial charge < -0.3 is 9.73 Å². The lowest BCUT2D eigenvalue weighted by molar-refractivity contribution is -0.384. The zero-order valence-electron chi connectivity index (χ0n) is 17.0. The number of aromatic nitrogens is 3. The number of oxazole rings is 1. The van der Waals surface area contributed by atoms with E-state index in [1.165, 1.54) is 36.3 Å². The highest BCUT2D eigenvalue weighted by atomic mass is 32.2. The van der Waals surface area contributed by atoms with E-state index in [1.807, 2.05) is 24.3 Å². The van der Waals surface area contributed by atoms with Crippen molar-refractivity contribution in [2.24, 2.45) is 0 Å². The predicted octanol–water partition coefficient (Wildman–Crippen LogP) is 5.08. The fraction of sp³-hybridized carbons (Fsp3) is 0.0435. The molecule has 9 nitrogen and oxygen atoms in total. The number of fused-ring (bicyclic) bond motifs is 2. The highest BCUT2D eigenvalue weighted by Gasteiger charge is 2.16. The first-order chi connectivity index (χ1) is 16.1. The summed E-state index contributed by atoms with van der Waals surface area (Å²) >= 11 is 1.32. The van der Waals surface area contributed by atoms with Gasteiger partial charge in [-0.15, -0.1) is 0 Å². The van der Waals surface area contributed by atoms with Gasteiger partial charge >= 0.3 is 0 Å². The summed E-state index contributed by atoms with van der Waals surface area (Å²) in [6.45, 7) is 0. The number of amides is 1. The molecule has 0 bridgehead atoms. The van der Waals surface area contributed by atoms with Crippen LogP contribution in [0.25, 0.3) is 33.5 Å². The van der Waals surface area contributed by atoms with E-state index >= 15 is 0 Å². The smallest absolute Gasteiger partial charge is 0.273 e. The molecule has 10 heteroatoms. The lowest BCUT2D eigenvalue weighted by atomic mass is 10.2. The van der Waals surface area contributed by atoms with Crippen LogP contribution in [0.15, 0.2) is 82.5 Å². The van der Waals surface area contributed by atoms with Crippen LogP contribution in [0.2, 0.25) is 0 Å². The van der Waals surface area contributed by atoms with E-state index in [9.17, 15) is 14.9 Å². The van der Waals surface area contributed by atoms with Crippen molar-refractivity contribution in [3.05, 3.63) is 83.2 Å². The number of para-hydroxylation sites is 2. The number of non-ortho nitro benzene ring substituents is 1. The molecule has 1 N–H and O–H groups in total. The van der Waals surface area contributed by atoms with E-state index in [2.05, 4.69) is 20.3 Å². The number of hydrogen-bond acceptors (Lipinski definition) is 8. The molecule has 5 rings (SSSR count). The van der Waals surface area contributed by atoms with Gasteiger partial charge in [-0.3, -0.25) is 14.9 Å². The van der Waals surface area contributed by atoms with E-state index in [-0.39, 0.29) is 23.2 Å². The van der Waals surface area contributed by atoms with Crippen LogP contribution in [-0.4, -0.2) is 31.5 Å². The standard InChI is InChI=1S/C23H15N5O4S/c29-21(12-33-23-16-6-2-3-7-17(16)24-13-25-23)26-18-8-4-1-5-15(18)22-27-19-10-9-14(28(30)31)11-20(19)32-22/h1-11,13H,12H2,(H,26,29). The van der Waals surface area contributed by atoms with Gasteiger partial charge in [0.1, 0.15) is 16.9 Å². The van der Waals surface area contributed by atoms with Gasteiger partial charge in [0.2, 0.25) is 11.8 Å². The number of nitrogens with one attached hydrogen (secondary N) is 1. The lowest BCUT2D eigenvalue weighted by Crippen LogP contribution is -2.14. The van der Waals surface area contributed by atoms with E-state index in [0.29, 0.717) is 22.4 Å². The Morgan fingerprint density at radius 3 is 2.73 bits per heavy atom. The molecule has 3 aromatic carbocycles. The van der Waals surface area contributed by atoms with Crippen LogP contribution in [0.4, 0.5) is 11.4 Å². The van der Waals surface area contributed by atoms with E-state index in [4.69, 9.17) is 4.42 Å². The van der Waals surface area contributed by atoms with Crippen LogP contribution < -0.4 is 5.32 Å². The summed E-state index contributed by atoms with van der Waals surface area (Å²) in [4.78, 5) is 36.2. The fourth-order valence-corrected chi connectivity index (χ4v) is 4.13. The average molecular weight is 457 g/mol. The molecule has 0 spiro atoms. The maximum Gasteiger partial charge on any atom is 0.273 e. The van der Waals surface area contributed by atoms with E-state index < -0.39 is 4.92 Å². The Balaban J connectivity index is 1.36. The van der Waals surface area contributed by atoms with Crippen LogP contribution in [0.3, 0.4) is 0 Å². The molecular formula is C23H15N5O4S. The zero-order valence-corrected chi connectivity index (χ0v) is 17.8. The number of nitro benzene ring substituents is 1. The van der Waals surface area contributed by atoms with Crippen molar-refractivity contribution < 1.29 is 14.1 Å². The predicted molar refractivity (Wildman–Crippen MR) is 125 cm³/mol. The molecule has 0 aliphatic heterocycles. The summed E-state index contributed by atoms with van der Waals surface area (Å²) in [6.07, 6.45) is 1.48. The van der Waals surface area contributed by atoms with Crippen LogP contribution >= 0.6 is 11.8 Å². The number of benzene rings is 3. The number of thioether (sulfide) groups is 1. The third-order valence-corrected chi connectivity index (χ3v) is 5.87. The third kappa shape index (κ3) is 4.23. The monoisotopic (exact) mass is 457 g/mol. The Bertz CT molecular complexity index is 1510. The van der Waals surface area contributed by atoms with Crippen molar-refractivity contribution in [3.63, 3.8) is 0 Å². The van der Waals surface area contributed by atoms with Gasteiger partial charge in [-0.25, -0.2) is 15.0 Å². The first-order valence-corrected chi connectivity index (χ1v) is 10.8. The quantitative estimate of drug-likeness (QED) is 0.162. The minimum Gasteiger partial charge on any atom is -0.436 e. The molecule has 2 heterocycles. The molecule has 0 unspecified atom stereocenters. The maximum absolute atomic E-state index is 12.7. The topological polar surface area (TPSA) is 124 Å². The summed E-state index contributed by atoms with van der Waals surface area (Å²) in [6, 6.07) is 18.9. The third-order valence-electron chi connectivity index (χ3n) is 4.86. The van der Waals surface area contributed by atoms with Gasteiger partial charge in [0.25, 0.3) is 5.69 Å². The number of carbonyl (C=O) groups is 1. The van der Waals surface area contributed by atoms with E-state index in [0.717, 1.165) is 15.9 Å². The molecule has 2 aromatic heterocycles. The highest BCUT2D eigenvalue weighted by Crippen LogP contribution is 2.32. The lowest BCUT2D eigenvalue weighted by Gasteiger charge is -2.09. The Morgan fingerprint density at radius 2 is 1.85 bits per heavy atom. The maximum atomic E-state index is 12.7. The van der Waals surface area contributed by atoms with Crippen molar-refractivity contribution in [1.29, 1.82) is 0 Å². The summed E-state index contributed by atoms with van der Waals surface area (Å²) < 4.78 is 5.76. The number of carbonyl (C=O) groups excluding carboxylic acids is 1. The molecule has 1 amide bonds. The van der Waals surface area contributed by atoms with Crippen molar-refractivity contribution in [1.82, 2.24) is 15.0 Å². The van der Waals surface area contributed by atoms with Gasteiger partial charge in [0, 0.05) is 11.5 Å². The highest BCUT2D eigenvalue weighted by molar-refractivity contribution is 8.00. The molecular weight excluding hydrogens is 442 g/mol. The molecule has 0 aliphatic rings. The first kappa shape index (κ1) is 20.6. The number of nitro groups is 1. The fourth-order valence-electron chi connectivity index (χ4n) is 3.34. The molecule has 162 valence electrons. The van der Waals surface area contributed by atoms with Gasteiger partial charge in [-0.2, -0.15) is 0 Å². The second-order valence-electron chi connectivity index (χ2n) is 7.01. The zero-order chi connectivity index (χ0) is 22.8. The Morgan fingerprint density at radius 1 is 1.03 bits per heavy atom. The molecule has 0 fully saturated rings. The summed E-state index contributed by atoms with van der Waals surface area (Å²) in [7, 11) is 0. The van der Waals surface area contributed by atoms with Crippen molar-refractivity contribution in [3.8, 4) is 11.5 Å². The minimum absolute atomic E-state index is 0.0824. The molecule has 0 radical (unpaired) electrons. The second-order valence-corrected chi connectivity index (χ2v) is 7.97. The molecule has 0 saturated heterocycles. The van der Waals surface area contributed by atoms with Gasteiger partial charge in [0.05, 0.1) is 33.5 Å². The normalized spacial score (nSPS) is 11.0. The second kappa shape index (κ2) is 8.67. The van der Waals surface area contributed by atoms with Crippen LogP contribution in [0, 0.1) is 10.1 Å². The molecule has 0 aliphatic carbocycles. The molecule has 33 heavy (non-hydrogen) atoms. The Hall–Kier alpha value is -4.31. The van der Waals surface area contributed by atoms with Crippen LogP contribution in [0.1, 0.15) is 0 Å². The van der Waals surface area contributed by atoms with Gasteiger partial charge in [-0.1, -0.05) is 42.1 Å². The first-order valence-electron chi connectivity index (χ1n) is 9.85. The molecule has 0 atom stereocenters. The largest absolute Gasteiger partial charge is 0.436 e. The molecule has 0 saturated carbocycles. The van der Waals surface area contributed by atoms with Crippen molar-refractivity contribution in [2.45, 2.75) is 5.03 Å². The van der Waals surface area contributed by atoms with Crippen LogP contribution in [-0.2, 0) is 4.79 Å². The average Bonchev–Trinajstić information content (AvgIpc) is 3.26. The number of nitrogens with zero attached hydrogens (tertiary/aromatic N) is 4. The SMILES string of the molecule is O=C(CSc1ncnc2ccccc12)Nc1ccccc1-c1nc2ccc([N+](=O)[O-])cc2o1. The van der Waals surface area contributed by atoms with Gasteiger partial charge in [-0.05, 0) is 24.3 Å². The van der Waals surface area contributed by atoms with Crippen LogP contribution in [0.5, 0.6) is 0 Å². The van der Waals surface area contributed by atoms with Gasteiger partial charge in [0.15, 0.2) is 5.58 Å². The van der Waals surface area contributed by atoms with Crippen molar-refractivity contribution >= 4 is 51.0 Å². The summed E-state index contributed by atoms with van der Waals surface area (Å²) in [5, 5.41) is 15.5.